The van der Waals surface area contributed by atoms with Crippen LogP contribution in [0.1, 0.15) is 16.1 Å². The Bertz CT molecular complexity index is 1020. The third kappa shape index (κ3) is 5.28. The number of benzene rings is 2. The summed E-state index contributed by atoms with van der Waals surface area (Å²) < 4.78 is 11.7. The highest BCUT2D eigenvalue weighted by molar-refractivity contribution is 6.35. The number of hydrogen-bond donors (Lipinski definition) is 1. The number of nitrogens with one attached hydrogen (secondary N) is 1. The molecule has 29 heavy (non-hydrogen) atoms. The third-order valence-electron chi connectivity index (χ3n) is 3.94. The number of rotatable bonds is 7. The Hall–Kier alpha value is -3.03. The molecule has 0 aliphatic carbocycles. The predicted molar refractivity (Wildman–Crippen MR) is 109 cm³/mol. The van der Waals surface area contributed by atoms with E-state index in [0.29, 0.717) is 15.6 Å². The third-order valence-corrected chi connectivity index (χ3v) is 4.53. The van der Waals surface area contributed by atoms with Gasteiger partial charge in [-0.1, -0.05) is 47.5 Å². The van der Waals surface area contributed by atoms with Gasteiger partial charge >= 0.3 is 5.97 Å². The molecule has 1 N–H and O–H groups in total. The van der Waals surface area contributed by atoms with Gasteiger partial charge in [-0.05, 0) is 29.8 Å². The second-order valence-corrected chi connectivity index (χ2v) is 6.76. The number of hydrogen-bond acceptors (Lipinski definition) is 5. The number of amides is 1. The minimum Gasteiger partial charge on any atom is -0.493 e. The highest BCUT2D eigenvalue weighted by Gasteiger charge is 2.21. The van der Waals surface area contributed by atoms with E-state index < -0.39 is 18.5 Å². The average Bonchev–Trinajstić information content (AvgIpc) is 3.16. The van der Waals surface area contributed by atoms with Crippen LogP contribution in [-0.2, 0) is 16.1 Å². The van der Waals surface area contributed by atoms with Crippen molar-refractivity contribution in [3.05, 3.63) is 76.0 Å². The number of halogens is 2. The Labute approximate surface area is 177 Å². The number of carbonyl (C=O) groups is 2. The second kappa shape index (κ2) is 9.45. The van der Waals surface area contributed by atoms with Gasteiger partial charge in [-0.15, -0.1) is 0 Å². The van der Waals surface area contributed by atoms with Gasteiger partial charge in [0.25, 0.3) is 5.91 Å². The number of aromatic nitrogens is 2. The fourth-order valence-corrected chi connectivity index (χ4v) is 2.95. The van der Waals surface area contributed by atoms with Crippen LogP contribution in [-0.4, -0.2) is 35.4 Å². The average molecular weight is 434 g/mol. The van der Waals surface area contributed by atoms with Gasteiger partial charge in [-0.25, -0.2) is 9.48 Å². The molecule has 150 valence electrons. The maximum atomic E-state index is 12.3. The summed E-state index contributed by atoms with van der Waals surface area (Å²) in [5, 5.41) is 7.76. The first kappa shape index (κ1) is 20.7. The molecule has 9 heteroatoms. The van der Waals surface area contributed by atoms with Crippen LogP contribution in [0.15, 0.2) is 54.7 Å². The maximum Gasteiger partial charge on any atom is 0.363 e. The van der Waals surface area contributed by atoms with Crippen molar-refractivity contribution in [2.24, 2.45) is 0 Å². The molecule has 0 atom stereocenters. The summed E-state index contributed by atoms with van der Waals surface area (Å²) in [6, 6.07) is 14.2. The molecule has 3 rings (SSSR count). The van der Waals surface area contributed by atoms with Gasteiger partial charge in [0.2, 0.25) is 5.69 Å². The van der Waals surface area contributed by atoms with E-state index in [4.69, 9.17) is 32.7 Å². The lowest BCUT2D eigenvalue weighted by Gasteiger charge is -2.08. The van der Waals surface area contributed by atoms with Gasteiger partial charge in [-0.2, -0.15) is 5.10 Å². The minimum atomic E-state index is -0.767. The predicted octanol–water partition coefficient (Wildman–Crippen LogP) is 3.66. The van der Waals surface area contributed by atoms with E-state index in [-0.39, 0.29) is 18.0 Å². The Kier molecular flexibility index (Phi) is 6.74. The number of esters is 1. The Morgan fingerprint density at radius 1 is 1.14 bits per heavy atom. The smallest absolute Gasteiger partial charge is 0.363 e. The van der Waals surface area contributed by atoms with E-state index >= 15 is 0 Å². The van der Waals surface area contributed by atoms with Crippen LogP contribution in [0.25, 0.3) is 5.69 Å². The fraction of sp³-hybridized carbons (Fsp3) is 0.150. The topological polar surface area (TPSA) is 82.5 Å². The highest BCUT2D eigenvalue weighted by Crippen LogP contribution is 2.21. The van der Waals surface area contributed by atoms with Crippen molar-refractivity contribution < 1.29 is 19.1 Å². The first-order valence-corrected chi connectivity index (χ1v) is 9.30. The molecule has 0 saturated heterocycles. The first-order chi connectivity index (χ1) is 14.0. The second-order valence-electron chi connectivity index (χ2n) is 5.91. The molecule has 7 nitrogen and oxygen atoms in total. The summed E-state index contributed by atoms with van der Waals surface area (Å²) in [7, 11) is 1.42. The summed E-state index contributed by atoms with van der Waals surface area (Å²) in [5.41, 5.74) is 1.42. The summed E-state index contributed by atoms with van der Waals surface area (Å²) in [6.45, 7) is -0.288. The molecule has 1 aromatic heterocycles. The van der Waals surface area contributed by atoms with Crippen LogP contribution in [0.2, 0.25) is 10.0 Å². The van der Waals surface area contributed by atoms with E-state index in [9.17, 15) is 9.59 Å². The van der Waals surface area contributed by atoms with Crippen molar-refractivity contribution in [3.63, 3.8) is 0 Å². The molecule has 0 spiro atoms. The van der Waals surface area contributed by atoms with Gasteiger partial charge in [-0.3, -0.25) is 4.79 Å². The van der Waals surface area contributed by atoms with Crippen LogP contribution < -0.4 is 10.1 Å². The molecule has 1 amide bonds. The molecule has 0 fully saturated rings. The minimum absolute atomic E-state index is 0.0232. The lowest BCUT2D eigenvalue weighted by molar-refractivity contribution is -0.124. The van der Waals surface area contributed by atoms with E-state index in [1.165, 1.54) is 11.8 Å². The summed E-state index contributed by atoms with van der Waals surface area (Å²) in [6.07, 6.45) is 1.56. The van der Waals surface area contributed by atoms with Gasteiger partial charge in [0.05, 0.1) is 19.0 Å². The van der Waals surface area contributed by atoms with Crippen LogP contribution in [0.5, 0.6) is 5.75 Å². The standard InChI is InChI=1S/C20H17Cl2N3O4/c1-28-17-11-25(15-5-3-2-4-6-15)24-19(17)20(27)29-12-18(26)23-10-13-7-8-14(21)9-16(13)22/h2-9,11H,10,12H2,1H3,(H,23,26). The van der Waals surface area contributed by atoms with E-state index in [1.807, 2.05) is 30.3 Å². The van der Waals surface area contributed by atoms with Crippen LogP contribution in [0, 0.1) is 0 Å². The highest BCUT2D eigenvalue weighted by atomic mass is 35.5. The van der Waals surface area contributed by atoms with Crippen molar-refractivity contribution in [2.45, 2.75) is 6.54 Å². The maximum absolute atomic E-state index is 12.3. The zero-order valence-corrected chi connectivity index (χ0v) is 16.9. The number of carbonyl (C=O) groups excluding carboxylic acids is 2. The SMILES string of the molecule is COc1cn(-c2ccccc2)nc1C(=O)OCC(=O)NCc1ccc(Cl)cc1Cl. The molecular formula is C20H17Cl2N3O4. The zero-order chi connectivity index (χ0) is 20.8. The summed E-state index contributed by atoms with van der Waals surface area (Å²) >= 11 is 11.9. The number of para-hydroxylation sites is 1. The number of ether oxygens (including phenoxy) is 2. The van der Waals surface area contributed by atoms with Crippen LogP contribution in [0.4, 0.5) is 0 Å². The molecule has 0 radical (unpaired) electrons. The Morgan fingerprint density at radius 3 is 2.59 bits per heavy atom. The van der Waals surface area contributed by atoms with E-state index in [2.05, 4.69) is 10.4 Å². The number of nitrogens with zero attached hydrogens (tertiary/aromatic N) is 2. The van der Waals surface area contributed by atoms with Gasteiger partial charge in [0.15, 0.2) is 12.4 Å². The van der Waals surface area contributed by atoms with Gasteiger partial charge < -0.3 is 14.8 Å². The van der Waals surface area contributed by atoms with E-state index in [0.717, 1.165) is 5.69 Å². The normalized spacial score (nSPS) is 10.4. The molecule has 0 aliphatic rings. The largest absolute Gasteiger partial charge is 0.493 e. The monoisotopic (exact) mass is 433 g/mol. The molecule has 0 bridgehead atoms. The molecular weight excluding hydrogens is 417 g/mol. The quantitative estimate of drug-likeness (QED) is 0.574. The zero-order valence-electron chi connectivity index (χ0n) is 15.4. The van der Waals surface area contributed by atoms with Crippen molar-refractivity contribution in [3.8, 4) is 11.4 Å². The molecule has 1 heterocycles. The van der Waals surface area contributed by atoms with Crippen molar-refractivity contribution in [1.82, 2.24) is 15.1 Å². The first-order valence-electron chi connectivity index (χ1n) is 8.54. The molecule has 2 aromatic carbocycles. The van der Waals surface area contributed by atoms with Crippen molar-refractivity contribution in [2.75, 3.05) is 13.7 Å². The number of methoxy groups -OCH3 is 1. The Balaban J connectivity index is 1.58. The fourth-order valence-electron chi connectivity index (χ4n) is 2.47. The molecule has 0 unspecified atom stereocenters. The lowest BCUT2D eigenvalue weighted by atomic mass is 10.2. The molecule has 3 aromatic rings. The lowest BCUT2D eigenvalue weighted by Crippen LogP contribution is -2.28. The van der Waals surface area contributed by atoms with Gasteiger partial charge in [0, 0.05) is 16.6 Å². The Morgan fingerprint density at radius 2 is 1.90 bits per heavy atom. The van der Waals surface area contributed by atoms with Crippen molar-refractivity contribution in [1.29, 1.82) is 0 Å². The van der Waals surface area contributed by atoms with Gasteiger partial charge in [0.1, 0.15) is 0 Å². The van der Waals surface area contributed by atoms with Crippen molar-refractivity contribution >= 4 is 35.1 Å². The molecule has 0 saturated carbocycles. The summed E-state index contributed by atoms with van der Waals surface area (Å²) in [5.74, 6) is -1.01. The van der Waals surface area contributed by atoms with E-state index in [1.54, 1.807) is 24.4 Å². The van der Waals surface area contributed by atoms with Crippen LogP contribution >= 0.6 is 23.2 Å². The van der Waals surface area contributed by atoms with Crippen LogP contribution in [0.3, 0.4) is 0 Å². The summed E-state index contributed by atoms with van der Waals surface area (Å²) in [4.78, 5) is 24.3. The molecule has 0 aliphatic heterocycles.